The number of nitrogens with zero attached hydrogens (tertiary/aromatic N) is 2. The molecule has 0 spiro atoms. The van der Waals surface area contributed by atoms with Crippen LogP contribution in [0.3, 0.4) is 0 Å². The summed E-state index contributed by atoms with van der Waals surface area (Å²) in [7, 11) is 0. The highest BCUT2D eigenvalue weighted by molar-refractivity contribution is 8.22. The predicted octanol–water partition coefficient (Wildman–Crippen LogP) is 3.73. The first kappa shape index (κ1) is 16.2. The normalized spacial score (nSPS) is 9.69. The van der Waals surface area contributed by atoms with Crippen LogP contribution in [0.2, 0.25) is 0 Å². The van der Waals surface area contributed by atoms with Crippen LogP contribution in [-0.4, -0.2) is 27.3 Å². The Morgan fingerprint density at radius 3 is 2.56 bits per heavy atom. The van der Waals surface area contributed by atoms with E-state index in [1.54, 1.807) is 23.1 Å². The molecule has 0 bridgehead atoms. The molecule has 1 heterocycles. The summed E-state index contributed by atoms with van der Waals surface area (Å²) in [4.78, 5) is 6.61. The largest absolute Gasteiger partial charge is 0.358 e. The molecular formula is C10H17ClN2S3. The van der Waals surface area contributed by atoms with Gasteiger partial charge in [-0.3, -0.25) is 0 Å². The SMILES string of the molecule is CCN(CC)C(=S)SCc1csc(C)n1.Cl. The second-order valence-electron chi connectivity index (χ2n) is 3.08. The molecule has 1 aromatic rings. The Balaban J connectivity index is 0.00000225. The molecule has 6 heteroatoms. The van der Waals surface area contributed by atoms with Crippen molar-refractivity contribution in [3.8, 4) is 0 Å². The van der Waals surface area contributed by atoms with E-state index in [2.05, 4.69) is 29.1 Å². The Hall–Kier alpha value is 0.160. The summed E-state index contributed by atoms with van der Waals surface area (Å²) in [5, 5.41) is 3.23. The molecule has 0 saturated carbocycles. The molecule has 0 aliphatic carbocycles. The number of hydrogen-bond acceptors (Lipinski definition) is 4. The highest BCUT2D eigenvalue weighted by atomic mass is 35.5. The van der Waals surface area contributed by atoms with E-state index in [9.17, 15) is 0 Å². The van der Waals surface area contributed by atoms with E-state index < -0.39 is 0 Å². The third-order valence-corrected chi connectivity index (χ3v) is 4.41. The first-order chi connectivity index (χ1) is 7.17. The molecule has 0 radical (unpaired) electrons. The van der Waals surface area contributed by atoms with Gasteiger partial charge in [0.2, 0.25) is 0 Å². The lowest BCUT2D eigenvalue weighted by atomic mass is 10.6. The second kappa shape index (κ2) is 8.28. The molecule has 16 heavy (non-hydrogen) atoms. The number of thiazole rings is 1. The molecule has 92 valence electrons. The lowest BCUT2D eigenvalue weighted by Gasteiger charge is -2.20. The molecule has 0 aliphatic heterocycles. The van der Waals surface area contributed by atoms with Crippen molar-refractivity contribution < 1.29 is 0 Å². The number of aromatic nitrogens is 1. The third-order valence-electron chi connectivity index (χ3n) is 2.03. The van der Waals surface area contributed by atoms with Crippen molar-refractivity contribution in [3.63, 3.8) is 0 Å². The summed E-state index contributed by atoms with van der Waals surface area (Å²) in [5.41, 5.74) is 1.14. The maximum atomic E-state index is 5.34. The fourth-order valence-electron chi connectivity index (χ4n) is 1.18. The van der Waals surface area contributed by atoms with Gasteiger partial charge in [-0.25, -0.2) is 4.98 Å². The van der Waals surface area contributed by atoms with E-state index in [-0.39, 0.29) is 12.4 Å². The topological polar surface area (TPSA) is 16.1 Å². The van der Waals surface area contributed by atoms with Crippen molar-refractivity contribution in [2.24, 2.45) is 0 Å². The fourth-order valence-corrected chi connectivity index (χ4v) is 3.20. The molecule has 0 aliphatic rings. The fraction of sp³-hybridized carbons (Fsp3) is 0.600. The second-order valence-corrected chi connectivity index (χ2v) is 5.76. The van der Waals surface area contributed by atoms with Crippen LogP contribution in [0.25, 0.3) is 0 Å². The van der Waals surface area contributed by atoms with Gasteiger partial charge in [0.1, 0.15) is 4.32 Å². The minimum Gasteiger partial charge on any atom is -0.358 e. The van der Waals surface area contributed by atoms with Crippen molar-refractivity contribution in [2.45, 2.75) is 26.5 Å². The summed E-state index contributed by atoms with van der Waals surface area (Å²) in [6.45, 7) is 8.26. The smallest absolute Gasteiger partial charge is 0.136 e. The number of halogens is 1. The molecule has 0 aromatic carbocycles. The van der Waals surface area contributed by atoms with Crippen molar-refractivity contribution in [3.05, 3.63) is 16.1 Å². The maximum absolute atomic E-state index is 5.34. The Morgan fingerprint density at radius 2 is 2.12 bits per heavy atom. The molecule has 0 atom stereocenters. The highest BCUT2D eigenvalue weighted by Gasteiger charge is 2.07. The van der Waals surface area contributed by atoms with Crippen LogP contribution in [0.4, 0.5) is 0 Å². The molecule has 0 saturated heterocycles. The summed E-state index contributed by atoms with van der Waals surface area (Å²) in [6.07, 6.45) is 0. The van der Waals surface area contributed by atoms with Crippen LogP contribution in [0.1, 0.15) is 24.5 Å². The number of aryl methyl sites for hydroxylation is 1. The molecule has 1 rings (SSSR count). The van der Waals surface area contributed by atoms with Gasteiger partial charge in [0.25, 0.3) is 0 Å². The maximum Gasteiger partial charge on any atom is 0.136 e. The van der Waals surface area contributed by atoms with Gasteiger partial charge in [-0.1, -0.05) is 24.0 Å². The molecule has 0 N–H and O–H groups in total. The van der Waals surface area contributed by atoms with Crippen LogP contribution in [0.5, 0.6) is 0 Å². The average molecular weight is 297 g/mol. The molecule has 1 aromatic heterocycles. The van der Waals surface area contributed by atoms with Gasteiger partial charge in [0.05, 0.1) is 10.7 Å². The molecular weight excluding hydrogens is 280 g/mol. The summed E-state index contributed by atoms with van der Waals surface area (Å²) >= 11 is 8.74. The van der Waals surface area contributed by atoms with Gasteiger partial charge in [-0.2, -0.15) is 0 Å². The van der Waals surface area contributed by atoms with E-state index in [0.717, 1.165) is 33.9 Å². The van der Waals surface area contributed by atoms with Crippen molar-refractivity contribution in [1.29, 1.82) is 0 Å². The van der Waals surface area contributed by atoms with Crippen LogP contribution >= 0.6 is 47.7 Å². The van der Waals surface area contributed by atoms with Crippen LogP contribution in [0.15, 0.2) is 5.38 Å². The quantitative estimate of drug-likeness (QED) is 0.787. The van der Waals surface area contributed by atoms with Crippen LogP contribution in [0, 0.1) is 6.92 Å². The van der Waals surface area contributed by atoms with Gasteiger partial charge < -0.3 is 4.90 Å². The van der Waals surface area contributed by atoms with E-state index in [4.69, 9.17) is 12.2 Å². The lowest BCUT2D eigenvalue weighted by Crippen LogP contribution is -2.26. The summed E-state index contributed by atoms with van der Waals surface area (Å²) in [5.74, 6) is 0.889. The predicted molar refractivity (Wildman–Crippen MR) is 80.9 cm³/mol. The number of rotatable bonds is 4. The Labute approximate surface area is 117 Å². The first-order valence-electron chi connectivity index (χ1n) is 5.00. The van der Waals surface area contributed by atoms with E-state index in [1.807, 2.05) is 6.92 Å². The van der Waals surface area contributed by atoms with Gasteiger partial charge in [-0.05, 0) is 20.8 Å². The number of hydrogen-bond donors (Lipinski definition) is 0. The van der Waals surface area contributed by atoms with Crippen molar-refractivity contribution in [2.75, 3.05) is 13.1 Å². The molecule has 0 fully saturated rings. The Kier molecular flexibility index (Phi) is 8.36. The zero-order valence-corrected chi connectivity index (χ0v) is 13.0. The molecule has 2 nitrogen and oxygen atoms in total. The zero-order chi connectivity index (χ0) is 11.3. The van der Waals surface area contributed by atoms with Gasteiger partial charge in [-0.15, -0.1) is 23.7 Å². The van der Waals surface area contributed by atoms with Crippen molar-refractivity contribution in [1.82, 2.24) is 9.88 Å². The minimum absolute atomic E-state index is 0. The number of thiocarbonyl (C=S) groups is 1. The molecule has 0 unspecified atom stereocenters. The average Bonchev–Trinajstić information content (AvgIpc) is 2.63. The van der Waals surface area contributed by atoms with Gasteiger partial charge in [0.15, 0.2) is 0 Å². The Bertz CT molecular complexity index is 324. The third kappa shape index (κ3) is 4.99. The van der Waals surface area contributed by atoms with Crippen LogP contribution < -0.4 is 0 Å². The lowest BCUT2D eigenvalue weighted by molar-refractivity contribution is 0.482. The van der Waals surface area contributed by atoms with E-state index in [0.29, 0.717) is 0 Å². The van der Waals surface area contributed by atoms with Gasteiger partial charge in [0, 0.05) is 24.2 Å². The Morgan fingerprint density at radius 1 is 1.50 bits per heavy atom. The summed E-state index contributed by atoms with van der Waals surface area (Å²) < 4.78 is 0.977. The standard InChI is InChI=1S/C10H16N2S3.ClH/c1-4-12(5-2)10(13)15-7-9-6-14-8(3)11-9;/h6H,4-5,7H2,1-3H3;1H. The van der Waals surface area contributed by atoms with Crippen LogP contribution in [-0.2, 0) is 5.75 Å². The van der Waals surface area contributed by atoms with E-state index >= 15 is 0 Å². The minimum atomic E-state index is 0. The van der Waals surface area contributed by atoms with E-state index in [1.165, 1.54) is 0 Å². The first-order valence-corrected chi connectivity index (χ1v) is 7.27. The monoisotopic (exact) mass is 296 g/mol. The summed E-state index contributed by atoms with van der Waals surface area (Å²) in [6, 6.07) is 0. The zero-order valence-electron chi connectivity index (χ0n) is 9.73. The highest BCUT2D eigenvalue weighted by Crippen LogP contribution is 2.18. The van der Waals surface area contributed by atoms with Crippen molar-refractivity contribution >= 4 is 52.0 Å². The van der Waals surface area contributed by atoms with Gasteiger partial charge >= 0.3 is 0 Å². The number of thioether (sulfide) groups is 1. The molecule has 0 amide bonds.